The lowest BCUT2D eigenvalue weighted by atomic mass is 10.2. The van der Waals surface area contributed by atoms with Crippen molar-refractivity contribution in [2.75, 3.05) is 6.26 Å². The maximum absolute atomic E-state index is 11.1. The Morgan fingerprint density at radius 2 is 2.07 bits per heavy atom. The Kier molecular flexibility index (Phi) is 3.64. The predicted molar refractivity (Wildman–Crippen MR) is 58.2 cm³/mol. The summed E-state index contributed by atoms with van der Waals surface area (Å²) < 4.78 is 22.3. The standard InChI is InChI=1S/C8H7ClO4S2/c1-14-6-3-2-5(8(10)11)4-7(6)15(9,12)13/h2-4H,1H3,(H,10,11). The van der Waals surface area contributed by atoms with Gasteiger partial charge in [0.25, 0.3) is 9.05 Å². The van der Waals surface area contributed by atoms with E-state index in [4.69, 9.17) is 15.8 Å². The van der Waals surface area contributed by atoms with Crippen LogP contribution in [0.2, 0.25) is 0 Å². The highest BCUT2D eigenvalue weighted by molar-refractivity contribution is 8.14. The molecule has 0 aliphatic rings. The minimum absolute atomic E-state index is 0.105. The molecule has 0 radical (unpaired) electrons. The summed E-state index contributed by atoms with van der Waals surface area (Å²) in [4.78, 5) is 10.9. The number of hydrogen-bond donors (Lipinski definition) is 1. The van der Waals surface area contributed by atoms with Gasteiger partial charge in [-0.2, -0.15) is 0 Å². The maximum Gasteiger partial charge on any atom is 0.335 e. The number of rotatable bonds is 3. The molecule has 82 valence electrons. The van der Waals surface area contributed by atoms with E-state index in [2.05, 4.69) is 0 Å². The van der Waals surface area contributed by atoms with Crippen LogP contribution in [-0.2, 0) is 9.05 Å². The highest BCUT2D eigenvalue weighted by atomic mass is 35.7. The van der Waals surface area contributed by atoms with Gasteiger partial charge in [0.05, 0.1) is 10.5 Å². The van der Waals surface area contributed by atoms with E-state index >= 15 is 0 Å². The molecule has 0 unspecified atom stereocenters. The predicted octanol–water partition coefficient (Wildman–Crippen LogP) is 2.03. The van der Waals surface area contributed by atoms with E-state index in [1.165, 1.54) is 23.9 Å². The number of hydrogen-bond acceptors (Lipinski definition) is 4. The van der Waals surface area contributed by atoms with Crippen LogP contribution < -0.4 is 0 Å². The lowest BCUT2D eigenvalue weighted by Gasteiger charge is -2.04. The molecule has 0 bridgehead atoms. The number of carboxylic acids is 1. The Hall–Kier alpha value is -0.720. The van der Waals surface area contributed by atoms with E-state index in [9.17, 15) is 13.2 Å². The van der Waals surface area contributed by atoms with Crippen LogP contribution in [-0.4, -0.2) is 25.7 Å². The number of carboxylic acid groups (broad SMARTS) is 1. The fourth-order valence-corrected chi connectivity index (χ4v) is 3.14. The van der Waals surface area contributed by atoms with Gasteiger partial charge in [-0.1, -0.05) is 0 Å². The lowest BCUT2D eigenvalue weighted by molar-refractivity contribution is 0.0696. The molecule has 1 aromatic carbocycles. The molecule has 0 spiro atoms. The molecule has 0 amide bonds. The molecule has 1 rings (SSSR count). The Morgan fingerprint density at radius 1 is 1.47 bits per heavy atom. The van der Waals surface area contributed by atoms with Gasteiger partial charge >= 0.3 is 5.97 Å². The van der Waals surface area contributed by atoms with Crippen LogP contribution in [0.25, 0.3) is 0 Å². The number of thioether (sulfide) groups is 1. The maximum atomic E-state index is 11.1. The molecule has 1 aromatic rings. The van der Waals surface area contributed by atoms with E-state index in [0.29, 0.717) is 4.90 Å². The van der Waals surface area contributed by atoms with Crippen LogP contribution in [0.1, 0.15) is 10.4 Å². The van der Waals surface area contributed by atoms with Gasteiger partial charge in [0.15, 0.2) is 0 Å². The number of halogens is 1. The second kappa shape index (κ2) is 4.42. The third-order valence-electron chi connectivity index (χ3n) is 1.67. The van der Waals surface area contributed by atoms with Crippen LogP contribution in [0.4, 0.5) is 0 Å². The van der Waals surface area contributed by atoms with Crippen LogP contribution in [0.15, 0.2) is 28.0 Å². The van der Waals surface area contributed by atoms with Crippen molar-refractivity contribution in [2.45, 2.75) is 9.79 Å². The first kappa shape index (κ1) is 12.4. The van der Waals surface area contributed by atoms with Crippen molar-refractivity contribution in [3.05, 3.63) is 23.8 Å². The van der Waals surface area contributed by atoms with Crippen molar-refractivity contribution < 1.29 is 18.3 Å². The Labute approximate surface area is 95.7 Å². The van der Waals surface area contributed by atoms with Crippen molar-refractivity contribution in [3.63, 3.8) is 0 Å². The van der Waals surface area contributed by atoms with E-state index in [0.717, 1.165) is 6.07 Å². The third-order valence-corrected chi connectivity index (χ3v) is 3.96. The van der Waals surface area contributed by atoms with E-state index in [-0.39, 0.29) is 10.5 Å². The van der Waals surface area contributed by atoms with E-state index in [1.807, 2.05) is 0 Å². The summed E-state index contributed by atoms with van der Waals surface area (Å²) in [6.07, 6.45) is 1.68. The van der Waals surface area contributed by atoms with Gasteiger partial charge in [0, 0.05) is 15.6 Å². The molecular formula is C8H7ClO4S2. The molecule has 0 saturated carbocycles. The fraction of sp³-hybridized carbons (Fsp3) is 0.125. The normalized spacial score (nSPS) is 11.3. The van der Waals surface area contributed by atoms with Gasteiger partial charge in [-0.05, 0) is 24.5 Å². The zero-order chi connectivity index (χ0) is 11.6. The third kappa shape index (κ3) is 2.87. The summed E-state index contributed by atoms with van der Waals surface area (Å²) in [5, 5.41) is 8.69. The van der Waals surface area contributed by atoms with Gasteiger partial charge < -0.3 is 5.11 Å². The van der Waals surface area contributed by atoms with Crippen molar-refractivity contribution in [3.8, 4) is 0 Å². The topological polar surface area (TPSA) is 71.4 Å². The number of benzene rings is 1. The molecule has 4 nitrogen and oxygen atoms in total. The van der Waals surface area contributed by atoms with Gasteiger partial charge in [0.2, 0.25) is 0 Å². The lowest BCUT2D eigenvalue weighted by Crippen LogP contribution is -2.00. The number of aromatic carboxylic acids is 1. The van der Waals surface area contributed by atoms with Crippen molar-refractivity contribution in [1.82, 2.24) is 0 Å². The summed E-state index contributed by atoms with van der Waals surface area (Å²) in [5.41, 5.74) is -0.105. The zero-order valence-corrected chi connectivity index (χ0v) is 9.99. The molecule has 0 aliphatic carbocycles. The first-order chi connectivity index (χ1) is 6.86. The summed E-state index contributed by atoms with van der Waals surface area (Å²) in [5.74, 6) is -1.19. The molecule has 0 atom stereocenters. The molecule has 7 heteroatoms. The molecule has 0 heterocycles. The first-order valence-corrected chi connectivity index (χ1v) is 7.25. The van der Waals surface area contributed by atoms with Crippen LogP contribution >= 0.6 is 22.4 Å². The average molecular weight is 267 g/mol. The monoisotopic (exact) mass is 266 g/mol. The highest BCUT2D eigenvalue weighted by Crippen LogP contribution is 2.28. The molecule has 1 N–H and O–H groups in total. The minimum Gasteiger partial charge on any atom is -0.478 e. The zero-order valence-electron chi connectivity index (χ0n) is 7.60. The molecule has 0 aliphatic heterocycles. The van der Waals surface area contributed by atoms with Crippen LogP contribution in [0, 0.1) is 0 Å². The van der Waals surface area contributed by atoms with E-state index < -0.39 is 15.0 Å². The van der Waals surface area contributed by atoms with Gasteiger partial charge in [-0.25, -0.2) is 13.2 Å². The summed E-state index contributed by atoms with van der Waals surface area (Å²) in [6, 6.07) is 3.81. The Bertz CT molecular complexity index is 495. The second-order valence-electron chi connectivity index (χ2n) is 2.61. The quantitative estimate of drug-likeness (QED) is 0.670. The highest BCUT2D eigenvalue weighted by Gasteiger charge is 2.17. The Balaban J connectivity index is 3.46. The molecular weight excluding hydrogens is 260 g/mol. The summed E-state index contributed by atoms with van der Waals surface area (Å²) in [7, 11) is 1.27. The van der Waals surface area contributed by atoms with Gasteiger partial charge in [-0.3, -0.25) is 0 Å². The molecule has 0 fully saturated rings. The second-order valence-corrected chi connectivity index (χ2v) is 5.99. The molecule has 15 heavy (non-hydrogen) atoms. The fourth-order valence-electron chi connectivity index (χ4n) is 1.00. The minimum atomic E-state index is -3.91. The largest absolute Gasteiger partial charge is 0.478 e. The smallest absolute Gasteiger partial charge is 0.335 e. The molecule has 0 aromatic heterocycles. The molecule has 0 saturated heterocycles. The van der Waals surface area contributed by atoms with Crippen molar-refractivity contribution >= 4 is 37.5 Å². The van der Waals surface area contributed by atoms with Crippen molar-refractivity contribution in [2.24, 2.45) is 0 Å². The van der Waals surface area contributed by atoms with Crippen LogP contribution in [0.5, 0.6) is 0 Å². The van der Waals surface area contributed by atoms with Gasteiger partial charge in [-0.15, -0.1) is 11.8 Å². The first-order valence-electron chi connectivity index (χ1n) is 3.72. The van der Waals surface area contributed by atoms with Crippen LogP contribution in [0.3, 0.4) is 0 Å². The summed E-state index contributed by atoms with van der Waals surface area (Å²) in [6.45, 7) is 0. The number of carbonyl (C=O) groups is 1. The average Bonchev–Trinajstić information content (AvgIpc) is 2.15. The van der Waals surface area contributed by atoms with Crippen molar-refractivity contribution in [1.29, 1.82) is 0 Å². The van der Waals surface area contributed by atoms with E-state index in [1.54, 1.807) is 6.26 Å². The summed E-state index contributed by atoms with van der Waals surface area (Å²) >= 11 is 1.19. The Morgan fingerprint density at radius 3 is 2.47 bits per heavy atom. The SMILES string of the molecule is CSc1ccc(C(=O)O)cc1S(=O)(=O)Cl. The van der Waals surface area contributed by atoms with Gasteiger partial charge in [0.1, 0.15) is 0 Å².